The van der Waals surface area contributed by atoms with Gasteiger partial charge in [0.05, 0.1) is 31.3 Å². The van der Waals surface area contributed by atoms with Crippen LogP contribution in [-0.4, -0.2) is 34.0 Å². The van der Waals surface area contributed by atoms with Gasteiger partial charge in [0.25, 0.3) is 0 Å². The van der Waals surface area contributed by atoms with E-state index in [1.807, 2.05) is 85.4 Å². The molecule has 0 atom stereocenters. The molecular formula is C27H31N3O3. The molecule has 6 nitrogen and oxygen atoms in total. The van der Waals surface area contributed by atoms with Crippen molar-refractivity contribution in [3.05, 3.63) is 103 Å². The molecular weight excluding hydrogens is 414 g/mol. The van der Waals surface area contributed by atoms with Crippen LogP contribution < -0.4 is 0 Å². The molecule has 0 saturated heterocycles. The summed E-state index contributed by atoms with van der Waals surface area (Å²) in [5.41, 5.74) is 5.66. The maximum atomic E-state index is 7.00. The number of aliphatic hydroxyl groups excluding tert-OH is 1. The molecule has 0 bridgehead atoms. The summed E-state index contributed by atoms with van der Waals surface area (Å²) in [7, 11) is 2.61. The van der Waals surface area contributed by atoms with Crippen LogP contribution in [-0.2, 0) is 11.3 Å². The number of hydrogen-bond acceptors (Lipinski definition) is 5. The Morgan fingerprint density at radius 3 is 2.55 bits per heavy atom. The van der Waals surface area contributed by atoms with E-state index in [1.165, 1.54) is 0 Å². The molecule has 1 N–H and O–H groups in total. The molecule has 6 heteroatoms. The lowest BCUT2D eigenvalue weighted by atomic mass is 10.1. The first kappa shape index (κ1) is 25.4. The van der Waals surface area contributed by atoms with Crippen molar-refractivity contribution in [1.29, 1.82) is 0 Å². The fourth-order valence-electron chi connectivity index (χ4n) is 3.10. The highest BCUT2D eigenvalue weighted by atomic mass is 16.5. The molecule has 0 aliphatic carbocycles. The molecule has 0 fully saturated rings. The predicted molar refractivity (Wildman–Crippen MR) is 134 cm³/mol. The molecule has 0 saturated carbocycles. The molecule has 2 aromatic rings. The lowest BCUT2D eigenvalue weighted by Crippen LogP contribution is -1.99. The third kappa shape index (κ3) is 6.79. The second kappa shape index (κ2) is 13.5. The van der Waals surface area contributed by atoms with Crippen LogP contribution in [0.1, 0.15) is 25.3 Å². The topological polar surface area (TPSA) is 73.3 Å². The minimum atomic E-state index is 0.582. The molecule has 0 spiro atoms. The molecule has 0 radical (unpaired) electrons. The summed E-state index contributed by atoms with van der Waals surface area (Å²) in [5, 5.41) is 11.2. The predicted octanol–water partition coefficient (Wildman–Crippen LogP) is 6.06. The van der Waals surface area contributed by atoms with Crippen LogP contribution in [0.5, 0.6) is 0 Å². The first-order valence-corrected chi connectivity index (χ1v) is 10.7. The summed E-state index contributed by atoms with van der Waals surface area (Å²) in [6.07, 6.45) is 11.2. The number of fused-ring (bicyclic) bond motifs is 1. The third-order valence-corrected chi connectivity index (χ3v) is 4.54. The van der Waals surface area contributed by atoms with E-state index in [0.717, 1.165) is 46.7 Å². The zero-order valence-corrected chi connectivity index (χ0v) is 19.6. The van der Waals surface area contributed by atoms with Gasteiger partial charge in [-0.3, -0.25) is 0 Å². The second-order valence-corrected chi connectivity index (χ2v) is 6.53. The highest BCUT2D eigenvalue weighted by Gasteiger charge is 2.12. The third-order valence-electron chi connectivity index (χ3n) is 4.54. The Morgan fingerprint density at radius 2 is 1.85 bits per heavy atom. The monoisotopic (exact) mass is 445 g/mol. The van der Waals surface area contributed by atoms with E-state index in [9.17, 15) is 0 Å². The van der Waals surface area contributed by atoms with E-state index in [1.54, 1.807) is 19.4 Å². The van der Waals surface area contributed by atoms with Gasteiger partial charge in [0.1, 0.15) is 5.69 Å². The van der Waals surface area contributed by atoms with Gasteiger partial charge in [0.15, 0.2) is 5.76 Å². The van der Waals surface area contributed by atoms with Crippen LogP contribution in [0.15, 0.2) is 96.5 Å². The Labute approximate surface area is 195 Å². The Hall–Kier alpha value is -3.90. The maximum absolute atomic E-state index is 7.00. The first-order chi connectivity index (χ1) is 16.3. The largest absolute Gasteiger partial charge is 0.504 e. The van der Waals surface area contributed by atoms with Crippen LogP contribution in [0.3, 0.4) is 0 Å². The van der Waals surface area contributed by atoms with Crippen LogP contribution in [0.4, 0.5) is 0 Å². The van der Waals surface area contributed by atoms with E-state index in [0.29, 0.717) is 6.54 Å². The molecule has 4 rings (SSSR count). The standard InChI is InChI=1S/C24H21N3O2.C2H6.CH4O/c1-3-18(10-7-13-28-2)22-14-20-11-12-27(17-24(20)25-22)16-21-15-23(26-29-21)19-8-5-4-6-9-19;2*1-2/h3-15,17H,1,16H2,2H3;1-2H3;2H,1H3/b13-7-,18-10+;;. The van der Waals surface area contributed by atoms with Gasteiger partial charge in [-0.05, 0) is 29.9 Å². The summed E-state index contributed by atoms with van der Waals surface area (Å²) >= 11 is 0. The van der Waals surface area contributed by atoms with E-state index in [-0.39, 0.29) is 0 Å². The molecule has 0 unspecified atom stereocenters. The fraction of sp³-hybridized carbons (Fsp3) is 0.185. The quantitative estimate of drug-likeness (QED) is 0.277. The number of benzene rings is 1. The number of aliphatic hydroxyl groups is 1. The highest BCUT2D eigenvalue weighted by molar-refractivity contribution is 5.78. The number of allylic oxidation sites excluding steroid dienone is 4. The average molecular weight is 446 g/mol. The number of hydrogen-bond donors (Lipinski definition) is 1. The van der Waals surface area contributed by atoms with Crippen molar-refractivity contribution in [3.63, 3.8) is 0 Å². The summed E-state index contributed by atoms with van der Waals surface area (Å²) in [6, 6.07) is 16.1. The van der Waals surface area contributed by atoms with Gasteiger partial charge in [0.2, 0.25) is 0 Å². The number of aromatic nitrogens is 3. The molecule has 1 aromatic heterocycles. The van der Waals surface area contributed by atoms with Crippen molar-refractivity contribution in [2.75, 3.05) is 14.2 Å². The van der Waals surface area contributed by atoms with Crippen molar-refractivity contribution in [3.8, 4) is 22.5 Å². The number of rotatable bonds is 7. The van der Waals surface area contributed by atoms with Gasteiger partial charge < -0.3 is 18.9 Å². The molecule has 0 amide bonds. The lowest BCUT2D eigenvalue weighted by molar-refractivity contribution is 0.338. The van der Waals surface area contributed by atoms with E-state index in [4.69, 9.17) is 19.4 Å². The second-order valence-electron chi connectivity index (χ2n) is 6.53. The van der Waals surface area contributed by atoms with E-state index in [2.05, 4.69) is 17.8 Å². The van der Waals surface area contributed by atoms with Gasteiger partial charge in [-0.15, -0.1) is 0 Å². The zero-order chi connectivity index (χ0) is 24.1. The number of nitrogens with zero attached hydrogens (tertiary/aromatic N) is 3. The highest BCUT2D eigenvalue weighted by Crippen LogP contribution is 2.27. The van der Waals surface area contributed by atoms with Crippen molar-refractivity contribution in [1.82, 2.24) is 14.7 Å². The van der Waals surface area contributed by atoms with Crippen molar-refractivity contribution in [2.45, 2.75) is 20.4 Å². The minimum Gasteiger partial charge on any atom is -0.504 e. The van der Waals surface area contributed by atoms with Gasteiger partial charge in [0, 0.05) is 36.7 Å². The summed E-state index contributed by atoms with van der Waals surface area (Å²) in [5.74, 6) is 0.788. The fourth-order valence-corrected chi connectivity index (χ4v) is 3.10. The number of ether oxygens (including phenoxy) is 1. The summed E-state index contributed by atoms with van der Waals surface area (Å²) in [4.78, 5) is 4.74. The number of pyridine rings is 1. The summed E-state index contributed by atoms with van der Waals surface area (Å²) < 4.78 is 12.5. The normalized spacial score (nSPS) is 10.9. The smallest absolute Gasteiger partial charge is 0.157 e. The molecule has 2 aliphatic heterocycles. The zero-order valence-electron chi connectivity index (χ0n) is 19.6. The average Bonchev–Trinajstić information content (AvgIpc) is 3.52. The van der Waals surface area contributed by atoms with Gasteiger partial charge in [-0.2, -0.15) is 0 Å². The lowest BCUT2D eigenvalue weighted by Gasteiger charge is -2.05. The Balaban J connectivity index is 0.000000914. The molecule has 2 aliphatic rings. The van der Waals surface area contributed by atoms with Gasteiger partial charge in [-0.1, -0.05) is 62.0 Å². The van der Waals surface area contributed by atoms with Gasteiger partial charge >= 0.3 is 0 Å². The maximum Gasteiger partial charge on any atom is 0.157 e. The Bertz CT molecular complexity index is 1140. The van der Waals surface area contributed by atoms with E-state index >= 15 is 0 Å². The van der Waals surface area contributed by atoms with Crippen LogP contribution in [0.25, 0.3) is 28.1 Å². The molecule has 172 valence electrons. The first-order valence-electron chi connectivity index (χ1n) is 10.7. The van der Waals surface area contributed by atoms with Crippen LogP contribution >= 0.6 is 0 Å². The summed E-state index contributed by atoms with van der Waals surface area (Å²) in [6.45, 7) is 8.46. The Kier molecular flexibility index (Phi) is 10.4. The van der Waals surface area contributed by atoms with Crippen LogP contribution in [0, 0.1) is 0 Å². The molecule has 3 heterocycles. The van der Waals surface area contributed by atoms with Gasteiger partial charge in [-0.25, -0.2) is 4.98 Å². The minimum absolute atomic E-state index is 0.582. The Morgan fingerprint density at radius 1 is 1.09 bits per heavy atom. The molecule has 1 aromatic carbocycles. The van der Waals surface area contributed by atoms with Crippen molar-refractivity contribution >= 4 is 5.57 Å². The van der Waals surface area contributed by atoms with E-state index < -0.39 is 0 Å². The number of methoxy groups -OCH3 is 1. The van der Waals surface area contributed by atoms with Crippen molar-refractivity contribution in [2.24, 2.45) is 0 Å². The molecule has 33 heavy (non-hydrogen) atoms. The van der Waals surface area contributed by atoms with Crippen molar-refractivity contribution < 1.29 is 14.4 Å². The van der Waals surface area contributed by atoms with Crippen LogP contribution in [0.2, 0.25) is 0 Å². The SMILES string of the molecule is C=C/C(=C\C=C/OC)c1cc2ccn(Cc3cc(-c4ccccc4)no3)cc-2n1.CC.CO.